The van der Waals surface area contributed by atoms with Crippen molar-refractivity contribution in [3.05, 3.63) is 47.0 Å². The lowest BCUT2D eigenvalue weighted by molar-refractivity contribution is 0.0395. The van der Waals surface area contributed by atoms with Crippen molar-refractivity contribution in [3.63, 3.8) is 0 Å². The Hall–Kier alpha value is -1.09. The van der Waals surface area contributed by atoms with E-state index in [0.717, 1.165) is 36.6 Å². The molecule has 0 spiro atoms. The largest absolute Gasteiger partial charge is 0.381 e. The van der Waals surface area contributed by atoms with E-state index in [9.17, 15) is 0 Å². The summed E-state index contributed by atoms with van der Waals surface area (Å²) in [5.74, 6) is 0.531. The predicted octanol–water partition coefficient (Wildman–Crippen LogP) is 4.57. The number of hydrogen-bond acceptors (Lipinski definition) is 2. The van der Waals surface area contributed by atoms with Gasteiger partial charge in [-0.25, -0.2) is 0 Å². The Balaban J connectivity index is 2.04. The van der Waals surface area contributed by atoms with E-state index in [-0.39, 0.29) is 0 Å². The van der Waals surface area contributed by atoms with Crippen LogP contribution in [0, 0.1) is 5.92 Å². The molecule has 0 aromatic heterocycles. The maximum atomic E-state index is 6.35. The number of ether oxygens (including phenoxy) is 1. The van der Waals surface area contributed by atoms with Crippen LogP contribution in [0.5, 0.6) is 0 Å². The molecule has 0 aliphatic carbocycles. The van der Waals surface area contributed by atoms with Gasteiger partial charge in [0.05, 0.1) is 6.61 Å². The molecule has 1 heterocycles. The summed E-state index contributed by atoms with van der Waals surface area (Å²) >= 11 is 6.35. The summed E-state index contributed by atoms with van der Waals surface area (Å²) in [6, 6.07) is 12.9. The van der Waals surface area contributed by atoms with Crippen LogP contribution in [0.2, 0.25) is 5.02 Å². The third-order valence-corrected chi connectivity index (χ3v) is 4.66. The average molecular weight is 304 g/mol. The van der Waals surface area contributed by atoms with Gasteiger partial charge in [0.15, 0.2) is 0 Å². The molecular weight excluding hydrogens is 282 g/mol. The summed E-state index contributed by atoms with van der Waals surface area (Å²) in [6.07, 6.45) is 2.37. The highest BCUT2D eigenvalue weighted by Gasteiger charge is 2.26. The van der Waals surface area contributed by atoms with Gasteiger partial charge in [-0.15, -0.1) is 0 Å². The van der Waals surface area contributed by atoms with Crippen molar-refractivity contribution in [2.75, 3.05) is 19.8 Å². The van der Waals surface area contributed by atoms with Crippen molar-refractivity contribution < 1.29 is 4.74 Å². The molecule has 21 heavy (non-hydrogen) atoms. The van der Waals surface area contributed by atoms with Crippen molar-refractivity contribution in [2.24, 2.45) is 5.92 Å². The zero-order valence-electron chi connectivity index (χ0n) is 12.4. The van der Waals surface area contributed by atoms with E-state index in [1.165, 1.54) is 17.4 Å². The van der Waals surface area contributed by atoms with Crippen LogP contribution >= 0.6 is 11.6 Å². The molecule has 0 amide bonds. The molecule has 112 valence electrons. The van der Waals surface area contributed by atoms with Gasteiger partial charge in [-0.1, -0.05) is 48.9 Å². The lowest BCUT2D eigenvalue weighted by Gasteiger charge is -2.32. The van der Waals surface area contributed by atoms with Gasteiger partial charge in [0, 0.05) is 29.0 Å². The van der Waals surface area contributed by atoms with Crippen molar-refractivity contribution in [3.8, 4) is 0 Å². The Morgan fingerprint density at radius 1 is 1.24 bits per heavy atom. The molecular formula is C18H22ClNO. The normalized spacial score (nSPS) is 20.6. The summed E-state index contributed by atoms with van der Waals surface area (Å²) < 4.78 is 5.70. The SMILES string of the molecule is CCNC(c1ccc(Cl)c2ccccc12)C1CCCOC1. The van der Waals surface area contributed by atoms with Crippen molar-refractivity contribution in [1.82, 2.24) is 5.32 Å². The molecule has 1 saturated heterocycles. The Kier molecular flexibility index (Phi) is 4.79. The predicted molar refractivity (Wildman–Crippen MR) is 88.9 cm³/mol. The standard InChI is InChI=1S/C18H22ClNO/c1-2-20-18(13-6-5-11-21-12-13)16-9-10-17(19)15-8-4-3-7-14(15)16/h3-4,7-10,13,18,20H,2,5-6,11-12H2,1H3. The van der Waals surface area contributed by atoms with E-state index in [4.69, 9.17) is 16.3 Å². The van der Waals surface area contributed by atoms with Gasteiger partial charge in [0.1, 0.15) is 0 Å². The molecule has 0 saturated carbocycles. The quantitative estimate of drug-likeness (QED) is 0.893. The van der Waals surface area contributed by atoms with Crippen LogP contribution in [0.25, 0.3) is 10.8 Å². The van der Waals surface area contributed by atoms with E-state index in [2.05, 4.69) is 36.5 Å². The molecule has 1 N–H and O–H groups in total. The number of nitrogens with one attached hydrogen (secondary N) is 1. The van der Waals surface area contributed by atoms with Crippen LogP contribution in [0.4, 0.5) is 0 Å². The number of fused-ring (bicyclic) bond motifs is 1. The van der Waals surface area contributed by atoms with Crippen molar-refractivity contribution in [2.45, 2.75) is 25.8 Å². The van der Waals surface area contributed by atoms with Gasteiger partial charge in [0.25, 0.3) is 0 Å². The van der Waals surface area contributed by atoms with Crippen LogP contribution < -0.4 is 5.32 Å². The van der Waals surface area contributed by atoms with E-state index in [1.807, 2.05) is 12.1 Å². The lowest BCUT2D eigenvalue weighted by Crippen LogP contribution is -2.33. The molecule has 2 aromatic carbocycles. The minimum Gasteiger partial charge on any atom is -0.381 e. The zero-order chi connectivity index (χ0) is 14.7. The van der Waals surface area contributed by atoms with Crippen molar-refractivity contribution >= 4 is 22.4 Å². The first-order chi connectivity index (χ1) is 10.3. The van der Waals surface area contributed by atoms with Crippen LogP contribution in [0.15, 0.2) is 36.4 Å². The van der Waals surface area contributed by atoms with E-state index in [1.54, 1.807) is 0 Å². The highest BCUT2D eigenvalue weighted by atomic mass is 35.5. The summed E-state index contributed by atoms with van der Waals surface area (Å²) in [4.78, 5) is 0. The Labute approximate surface area is 131 Å². The number of rotatable bonds is 4. The second-order valence-electron chi connectivity index (χ2n) is 5.69. The average Bonchev–Trinajstić information content (AvgIpc) is 2.55. The first kappa shape index (κ1) is 14.8. The zero-order valence-corrected chi connectivity index (χ0v) is 13.2. The van der Waals surface area contributed by atoms with Gasteiger partial charge in [-0.2, -0.15) is 0 Å². The van der Waals surface area contributed by atoms with Gasteiger partial charge in [-0.3, -0.25) is 0 Å². The summed E-state index contributed by atoms with van der Waals surface area (Å²) in [6.45, 7) is 4.86. The van der Waals surface area contributed by atoms with Crippen LogP contribution in [0.3, 0.4) is 0 Å². The third kappa shape index (κ3) is 3.08. The first-order valence-corrected chi connectivity index (χ1v) is 8.17. The fourth-order valence-corrected chi connectivity index (χ4v) is 3.56. The molecule has 2 atom stereocenters. The Bertz CT molecular complexity index is 607. The number of hydrogen-bond donors (Lipinski definition) is 1. The molecule has 2 unspecified atom stereocenters. The van der Waals surface area contributed by atoms with Crippen LogP contribution in [0.1, 0.15) is 31.4 Å². The molecule has 0 bridgehead atoms. The molecule has 1 aliphatic rings. The molecule has 0 radical (unpaired) electrons. The second kappa shape index (κ2) is 6.78. The number of halogens is 1. The molecule has 2 nitrogen and oxygen atoms in total. The van der Waals surface area contributed by atoms with Crippen LogP contribution in [-0.4, -0.2) is 19.8 Å². The third-order valence-electron chi connectivity index (χ3n) is 4.33. The number of benzene rings is 2. The van der Waals surface area contributed by atoms with Gasteiger partial charge in [0.2, 0.25) is 0 Å². The van der Waals surface area contributed by atoms with E-state index >= 15 is 0 Å². The molecule has 3 rings (SSSR count). The van der Waals surface area contributed by atoms with Gasteiger partial charge >= 0.3 is 0 Å². The highest BCUT2D eigenvalue weighted by molar-refractivity contribution is 6.35. The fourth-order valence-electron chi connectivity index (χ4n) is 3.34. The first-order valence-electron chi connectivity index (χ1n) is 7.79. The van der Waals surface area contributed by atoms with Gasteiger partial charge in [-0.05, 0) is 36.4 Å². The monoisotopic (exact) mass is 303 g/mol. The highest BCUT2D eigenvalue weighted by Crippen LogP contribution is 2.35. The van der Waals surface area contributed by atoms with E-state index in [0.29, 0.717) is 12.0 Å². The second-order valence-corrected chi connectivity index (χ2v) is 6.10. The molecule has 2 aromatic rings. The maximum absolute atomic E-state index is 6.35. The minimum atomic E-state index is 0.331. The van der Waals surface area contributed by atoms with E-state index < -0.39 is 0 Å². The summed E-state index contributed by atoms with van der Waals surface area (Å²) in [5.41, 5.74) is 1.34. The van der Waals surface area contributed by atoms with Crippen molar-refractivity contribution in [1.29, 1.82) is 0 Å². The Morgan fingerprint density at radius 2 is 2.05 bits per heavy atom. The lowest BCUT2D eigenvalue weighted by atomic mass is 9.86. The Morgan fingerprint density at radius 3 is 2.76 bits per heavy atom. The topological polar surface area (TPSA) is 21.3 Å². The maximum Gasteiger partial charge on any atom is 0.0512 e. The molecule has 1 aliphatic heterocycles. The minimum absolute atomic E-state index is 0.331. The summed E-state index contributed by atoms with van der Waals surface area (Å²) in [5, 5.41) is 6.87. The smallest absolute Gasteiger partial charge is 0.0512 e. The fraction of sp³-hybridized carbons (Fsp3) is 0.444. The van der Waals surface area contributed by atoms with Gasteiger partial charge < -0.3 is 10.1 Å². The molecule has 1 fully saturated rings. The molecule has 3 heteroatoms. The summed E-state index contributed by atoms with van der Waals surface area (Å²) in [7, 11) is 0. The van der Waals surface area contributed by atoms with Crippen LogP contribution in [-0.2, 0) is 4.74 Å².